The summed E-state index contributed by atoms with van der Waals surface area (Å²) in [4.78, 5) is 8.60. The fourth-order valence-electron chi connectivity index (χ4n) is 2.40. The summed E-state index contributed by atoms with van der Waals surface area (Å²) in [6, 6.07) is 22.1. The third-order valence-electron chi connectivity index (χ3n) is 3.55. The van der Waals surface area contributed by atoms with Gasteiger partial charge < -0.3 is 4.74 Å². The maximum atomic E-state index is 5.22. The second kappa shape index (κ2) is 6.88. The van der Waals surface area contributed by atoms with Crippen LogP contribution in [0.4, 0.5) is 0 Å². The summed E-state index contributed by atoms with van der Waals surface area (Å²) in [5.74, 6) is 0.834. The molecule has 0 radical (unpaired) electrons. The van der Waals surface area contributed by atoms with Crippen LogP contribution < -0.4 is 4.74 Å². The van der Waals surface area contributed by atoms with Crippen LogP contribution in [0.15, 0.2) is 72.9 Å². The van der Waals surface area contributed by atoms with Gasteiger partial charge in [0.05, 0.1) is 12.6 Å². The van der Waals surface area contributed by atoms with Gasteiger partial charge in [-0.3, -0.25) is 4.98 Å². The molecule has 2 heterocycles. The minimum absolute atomic E-state index is 0.834. The van der Waals surface area contributed by atoms with Crippen LogP contribution in [0.3, 0.4) is 0 Å². The normalized spacial score (nSPS) is 10.2. The van der Waals surface area contributed by atoms with Gasteiger partial charge in [0.2, 0.25) is 0 Å². The second-order valence-corrected chi connectivity index (χ2v) is 5.18. The zero-order chi connectivity index (χ0) is 16.1. The zero-order valence-corrected chi connectivity index (χ0v) is 13.2. The number of hydrogen-bond acceptors (Lipinski definition) is 3. The molecule has 0 aliphatic rings. The summed E-state index contributed by atoms with van der Waals surface area (Å²) in [5.41, 5.74) is 3.01. The Kier molecular flexibility index (Phi) is 4.48. The van der Waals surface area contributed by atoms with E-state index in [1.165, 1.54) is 5.39 Å². The number of pyridine rings is 2. The Labute approximate surface area is 135 Å². The molecular weight excluding hydrogens is 284 g/mol. The number of fused-ring (bicyclic) bond motifs is 2. The Morgan fingerprint density at radius 2 is 1.57 bits per heavy atom. The summed E-state index contributed by atoms with van der Waals surface area (Å²) >= 11 is 0. The summed E-state index contributed by atoms with van der Waals surface area (Å²) in [7, 11) is 1.67. The molecule has 2 aromatic carbocycles. The molecule has 0 amide bonds. The van der Waals surface area contributed by atoms with Crippen molar-refractivity contribution in [1.82, 2.24) is 9.97 Å². The lowest BCUT2D eigenvalue weighted by atomic mass is 10.2. The molecular formula is C20H18N2O. The molecule has 4 rings (SSSR count). The van der Waals surface area contributed by atoms with Crippen molar-refractivity contribution >= 4 is 21.8 Å². The van der Waals surface area contributed by atoms with Crippen molar-refractivity contribution in [2.45, 2.75) is 6.92 Å². The van der Waals surface area contributed by atoms with Crippen LogP contribution in [0.2, 0.25) is 0 Å². The smallest absolute Gasteiger partial charge is 0.145 e. The summed E-state index contributed by atoms with van der Waals surface area (Å²) in [6.07, 6.45) is 1.81. The first-order chi connectivity index (χ1) is 11.3. The van der Waals surface area contributed by atoms with Gasteiger partial charge in [-0.2, -0.15) is 0 Å². The van der Waals surface area contributed by atoms with Gasteiger partial charge in [0.1, 0.15) is 11.3 Å². The molecule has 23 heavy (non-hydrogen) atoms. The first-order valence-corrected chi connectivity index (χ1v) is 7.48. The average molecular weight is 302 g/mol. The van der Waals surface area contributed by atoms with Crippen molar-refractivity contribution < 1.29 is 4.74 Å². The van der Waals surface area contributed by atoms with Gasteiger partial charge >= 0.3 is 0 Å². The van der Waals surface area contributed by atoms with Crippen LogP contribution in [0.1, 0.15) is 5.69 Å². The first-order valence-electron chi connectivity index (χ1n) is 7.48. The number of para-hydroxylation sites is 2. The Hall–Kier alpha value is -2.94. The zero-order valence-electron chi connectivity index (χ0n) is 13.2. The van der Waals surface area contributed by atoms with E-state index >= 15 is 0 Å². The Bertz CT molecular complexity index is 869. The van der Waals surface area contributed by atoms with Crippen LogP contribution in [0.25, 0.3) is 21.8 Å². The number of ether oxygens (including phenoxy) is 1. The van der Waals surface area contributed by atoms with Crippen molar-refractivity contribution in [3.63, 3.8) is 0 Å². The Balaban J connectivity index is 0.000000140. The van der Waals surface area contributed by atoms with Gasteiger partial charge in [0.25, 0.3) is 0 Å². The summed E-state index contributed by atoms with van der Waals surface area (Å²) in [6.45, 7) is 1.98. The Morgan fingerprint density at radius 1 is 0.783 bits per heavy atom. The minimum atomic E-state index is 0.834. The van der Waals surface area contributed by atoms with E-state index in [1.54, 1.807) is 7.11 Å². The van der Waals surface area contributed by atoms with Gasteiger partial charge in [-0.15, -0.1) is 0 Å². The Morgan fingerprint density at radius 3 is 2.39 bits per heavy atom. The first kappa shape index (κ1) is 15.0. The van der Waals surface area contributed by atoms with Crippen LogP contribution in [0.5, 0.6) is 5.75 Å². The van der Waals surface area contributed by atoms with Crippen molar-refractivity contribution in [2.24, 2.45) is 0 Å². The highest BCUT2D eigenvalue weighted by atomic mass is 16.5. The lowest BCUT2D eigenvalue weighted by molar-refractivity contribution is 0.419. The fraction of sp³-hybridized carbons (Fsp3) is 0.100. The van der Waals surface area contributed by atoms with E-state index < -0.39 is 0 Å². The number of hydrogen-bond donors (Lipinski definition) is 0. The fourth-order valence-corrected chi connectivity index (χ4v) is 2.40. The number of aryl methyl sites for hydroxylation is 1. The quantitative estimate of drug-likeness (QED) is 0.507. The summed E-state index contributed by atoms with van der Waals surface area (Å²) in [5, 5.41) is 2.31. The number of rotatable bonds is 1. The molecule has 4 aromatic rings. The molecule has 0 fully saturated rings. The highest BCUT2D eigenvalue weighted by molar-refractivity contribution is 5.84. The number of aromatic nitrogens is 2. The highest BCUT2D eigenvalue weighted by Gasteiger charge is 2.01. The van der Waals surface area contributed by atoms with Gasteiger partial charge in [-0.25, -0.2) is 4.98 Å². The molecule has 0 atom stereocenters. The molecule has 0 spiro atoms. The third-order valence-corrected chi connectivity index (χ3v) is 3.55. The van der Waals surface area contributed by atoms with Gasteiger partial charge in [-0.05, 0) is 31.2 Å². The van der Waals surface area contributed by atoms with Crippen molar-refractivity contribution in [2.75, 3.05) is 7.11 Å². The molecule has 0 saturated carbocycles. The molecule has 114 valence electrons. The molecule has 0 bridgehead atoms. The second-order valence-electron chi connectivity index (χ2n) is 5.18. The van der Waals surface area contributed by atoms with E-state index in [1.807, 2.05) is 61.7 Å². The van der Waals surface area contributed by atoms with E-state index in [0.29, 0.717) is 0 Å². The van der Waals surface area contributed by atoms with Crippen molar-refractivity contribution in [3.05, 3.63) is 78.6 Å². The lowest BCUT2D eigenvalue weighted by Gasteiger charge is -2.04. The maximum Gasteiger partial charge on any atom is 0.145 e. The predicted octanol–water partition coefficient (Wildman–Crippen LogP) is 4.79. The highest BCUT2D eigenvalue weighted by Crippen LogP contribution is 2.23. The molecule has 0 unspecified atom stereocenters. The van der Waals surface area contributed by atoms with Gasteiger partial charge in [0, 0.05) is 22.7 Å². The van der Waals surface area contributed by atoms with Crippen molar-refractivity contribution in [1.29, 1.82) is 0 Å². The molecule has 0 saturated heterocycles. The van der Waals surface area contributed by atoms with Crippen molar-refractivity contribution in [3.8, 4) is 5.75 Å². The molecule has 0 aliphatic carbocycles. The SMILES string of the molecule is COc1cccc2ccc(C)nc12.c1ccc2ncccc2c1. The average Bonchev–Trinajstić information content (AvgIpc) is 2.62. The van der Waals surface area contributed by atoms with Crippen LogP contribution >= 0.6 is 0 Å². The standard InChI is InChI=1S/C11H11NO.C9H7N/c1-8-6-7-9-4-3-5-10(13-2)11(9)12-8;1-2-6-9-8(4-1)5-3-7-10-9/h3-7H,1-2H3;1-7H. The van der Waals surface area contributed by atoms with E-state index in [0.717, 1.165) is 27.9 Å². The van der Waals surface area contributed by atoms with E-state index in [2.05, 4.69) is 28.2 Å². The number of methoxy groups -OCH3 is 1. The molecule has 3 nitrogen and oxygen atoms in total. The number of nitrogens with zero attached hydrogens (tertiary/aromatic N) is 2. The molecule has 0 aliphatic heterocycles. The van der Waals surface area contributed by atoms with E-state index in [9.17, 15) is 0 Å². The topological polar surface area (TPSA) is 35.0 Å². The lowest BCUT2D eigenvalue weighted by Crippen LogP contribution is -1.88. The van der Waals surface area contributed by atoms with Crippen LogP contribution in [0, 0.1) is 6.92 Å². The predicted molar refractivity (Wildman–Crippen MR) is 94.8 cm³/mol. The maximum absolute atomic E-state index is 5.22. The number of benzene rings is 2. The van der Waals surface area contributed by atoms with Gasteiger partial charge in [-0.1, -0.05) is 42.5 Å². The molecule has 3 heteroatoms. The van der Waals surface area contributed by atoms with E-state index in [4.69, 9.17) is 4.74 Å². The largest absolute Gasteiger partial charge is 0.494 e. The molecule has 0 N–H and O–H groups in total. The van der Waals surface area contributed by atoms with Gasteiger partial charge in [0.15, 0.2) is 0 Å². The summed E-state index contributed by atoms with van der Waals surface area (Å²) < 4.78 is 5.22. The van der Waals surface area contributed by atoms with Crippen LogP contribution in [-0.2, 0) is 0 Å². The van der Waals surface area contributed by atoms with E-state index in [-0.39, 0.29) is 0 Å². The monoisotopic (exact) mass is 302 g/mol. The minimum Gasteiger partial charge on any atom is -0.494 e. The molecule has 2 aromatic heterocycles. The third kappa shape index (κ3) is 3.46. The van der Waals surface area contributed by atoms with Crippen LogP contribution in [-0.4, -0.2) is 17.1 Å².